The van der Waals surface area contributed by atoms with Crippen LogP contribution >= 0.6 is 0 Å². The fourth-order valence-electron chi connectivity index (χ4n) is 3.61. The van der Waals surface area contributed by atoms with E-state index in [4.69, 9.17) is 9.47 Å². The van der Waals surface area contributed by atoms with E-state index in [1.54, 1.807) is 18.6 Å². The Morgan fingerprint density at radius 1 is 1.25 bits per heavy atom. The van der Waals surface area contributed by atoms with Gasteiger partial charge in [-0.25, -0.2) is 9.97 Å². The molecule has 0 aliphatic carbocycles. The van der Waals surface area contributed by atoms with Crippen molar-refractivity contribution in [1.29, 1.82) is 0 Å². The average Bonchev–Trinajstić information content (AvgIpc) is 3.04. The highest BCUT2D eigenvalue weighted by Crippen LogP contribution is 2.36. The molecule has 4 heterocycles. The smallest absolute Gasteiger partial charge is 0.225 e. The highest BCUT2D eigenvalue weighted by molar-refractivity contribution is 5.31. The molecule has 2 aliphatic rings. The number of rotatable bonds is 4. The van der Waals surface area contributed by atoms with Crippen molar-refractivity contribution in [2.75, 3.05) is 24.6 Å². The Hall–Kier alpha value is -2.05. The fraction of sp³-hybridized carbons (Fsp3) is 0.500. The van der Waals surface area contributed by atoms with Gasteiger partial charge in [-0.05, 0) is 30.5 Å². The molecule has 2 atom stereocenters. The number of ether oxygens (including phenoxy) is 2. The van der Waals surface area contributed by atoms with Crippen LogP contribution in [0.15, 0.2) is 43.0 Å². The van der Waals surface area contributed by atoms with Crippen LogP contribution in [0.5, 0.6) is 0 Å². The van der Waals surface area contributed by atoms with E-state index in [0.717, 1.165) is 43.9 Å². The summed E-state index contributed by atoms with van der Waals surface area (Å²) in [5.74, 6) is 0.792. The molecule has 6 nitrogen and oxygen atoms in total. The fourth-order valence-corrected chi connectivity index (χ4v) is 3.61. The number of pyridine rings is 1. The first-order valence-electron chi connectivity index (χ1n) is 8.49. The Morgan fingerprint density at radius 3 is 3.00 bits per heavy atom. The molecular weight excluding hydrogens is 304 g/mol. The first-order valence-corrected chi connectivity index (χ1v) is 8.49. The molecule has 0 saturated carbocycles. The van der Waals surface area contributed by atoms with Crippen LogP contribution in [0.3, 0.4) is 0 Å². The first kappa shape index (κ1) is 15.5. The van der Waals surface area contributed by atoms with Crippen molar-refractivity contribution in [2.24, 2.45) is 0 Å². The van der Waals surface area contributed by atoms with Gasteiger partial charge in [-0.1, -0.05) is 6.07 Å². The number of anilines is 1. The van der Waals surface area contributed by atoms with E-state index in [2.05, 4.69) is 19.9 Å². The molecule has 6 heteroatoms. The molecule has 0 amide bonds. The van der Waals surface area contributed by atoms with Crippen LogP contribution < -0.4 is 4.90 Å². The largest absolute Gasteiger partial charge is 0.371 e. The molecule has 24 heavy (non-hydrogen) atoms. The molecule has 0 N–H and O–H groups in total. The summed E-state index contributed by atoms with van der Waals surface area (Å²) in [6.07, 6.45) is 10.4. The second-order valence-corrected chi connectivity index (χ2v) is 6.57. The zero-order valence-corrected chi connectivity index (χ0v) is 13.7. The van der Waals surface area contributed by atoms with Gasteiger partial charge in [-0.3, -0.25) is 4.98 Å². The highest BCUT2D eigenvalue weighted by atomic mass is 16.6. The Morgan fingerprint density at radius 2 is 2.17 bits per heavy atom. The normalized spacial score (nSPS) is 26.8. The predicted octanol–water partition coefficient (Wildman–Crippen LogP) is 2.22. The van der Waals surface area contributed by atoms with Gasteiger partial charge in [0.2, 0.25) is 5.95 Å². The molecule has 0 bridgehead atoms. The van der Waals surface area contributed by atoms with E-state index in [9.17, 15) is 0 Å². The summed E-state index contributed by atoms with van der Waals surface area (Å²) in [5, 5.41) is 0. The summed E-state index contributed by atoms with van der Waals surface area (Å²) in [7, 11) is 0. The summed E-state index contributed by atoms with van der Waals surface area (Å²) in [6, 6.07) is 5.81. The zero-order valence-electron chi connectivity index (χ0n) is 13.7. The van der Waals surface area contributed by atoms with Crippen LogP contribution in [-0.4, -0.2) is 46.4 Å². The first-order chi connectivity index (χ1) is 11.8. The molecule has 2 aromatic heterocycles. The van der Waals surface area contributed by atoms with Crippen LogP contribution in [0, 0.1) is 0 Å². The lowest BCUT2D eigenvalue weighted by molar-refractivity contribution is -0.0138. The van der Waals surface area contributed by atoms with Gasteiger partial charge in [-0.15, -0.1) is 0 Å². The van der Waals surface area contributed by atoms with Gasteiger partial charge >= 0.3 is 0 Å². The van der Waals surface area contributed by atoms with Gasteiger partial charge in [0, 0.05) is 44.3 Å². The molecule has 0 radical (unpaired) electrons. The van der Waals surface area contributed by atoms with Crippen molar-refractivity contribution in [1.82, 2.24) is 15.0 Å². The van der Waals surface area contributed by atoms with Gasteiger partial charge in [0.25, 0.3) is 0 Å². The van der Waals surface area contributed by atoms with E-state index in [0.29, 0.717) is 13.2 Å². The summed E-state index contributed by atoms with van der Waals surface area (Å²) in [4.78, 5) is 15.1. The summed E-state index contributed by atoms with van der Waals surface area (Å²) in [6.45, 7) is 3.06. The number of piperidine rings is 1. The van der Waals surface area contributed by atoms with E-state index in [1.807, 2.05) is 24.4 Å². The minimum atomic E-state index is -0.128. The van der Waals surface area contributed by atoms with E-state index in [-0.39, 0.29) is 11.7 Å². The lowest BCUT2D eigenvalue weighted by Crippen LogP contribution is -2.48. The standard InChI is InChI=1S/C18H22N4O2/c1-4-15(11-19-6-1)12-23-16-10-18(24-13-16)5-2-9-22(14-18)17-20-7-3-8-21-17/h1,3-4,6-8,11,16H,2,5,9-10,12-14H2/t16-,18+/m0/s1. The van der Waals surface area contributed by atoms with Crippen molar-refractivity contribution in [3.8, 4) is 0 Å². The van der Waals surface area contributed by atoms with Crippen LogP contribution in [0.2, 0.25) is 0 Å². The molecule has 4 rings (SSSR count). The Kier molecular flexibility index (Phi) is 4.40. The van der Waals surface area contributed by atoms with Crippen LogP contribution in [0.1, 0.15) is 24.8 Å². The van der Waals surface area contributed by atoms with E-state index < -0.39 is 0 Å². The van der Waals surface area contributed by atoms with Crippen LogP contribution in [0.4, 0.5) is 5.95 Å². The Labute approximate surface area is 141 Å². The van der Waals surface area contributed by atoms with E-state index >= 15 is 0 Å². The van der Waals surface area contributed by atoms with Crippen molar-refractivity contribution < 1.29 is 9.47 Å². The van der Waals surface area contributed by atoms with Gasteiger partial charge in [0.05, 0.1) is 24.9 Å². The summed E-state index contributed by atoms with van der Waals surface area (Å²) < 4.78 is 12.2. The minimum absolute atomic E-state index is 0.128. The third-order valence-corrected chi connectivity index (χ3v) is 4.76. The monoisotopic (exact) mass is 326 g/mol. The van der Waals surface area contributed by atoms with Gasteiger partial charge < -0.3 is 14.4 Å². The third kappa shape index (κ3) is 3.39. The summed E-state index contributed by atoms with van der Waals surface area (Å²) in [5.41, 5.74) is 0.971. The zero-order chi connectivity index (χ0) is 16.2. The predicted molar refractivity (Wildman–Crippen MR) is 89.6 cm³/mol. The Balaban J connectivity index is 1.36. The quantitative estimate of drug-likeness (QED) is 0.858. The average molecular weight is 326 g/mol. The molecule has 2 saturated heterocycles. The maximum Gasteiger partial charge on any atom is 0.225 e. The molecule has 0 aromatic carbocycles. The molecule has 1 spiro atoms. The molecule has 2 aliphatic heterocycles. The summed E-state index contributed by atoms with van der Waals surface area (Å²) >= 11 is 0. The van der Waals surface area contributed by atoms with E-state index in [1.165, 1.54) is 0 Å². The van der Waals surface area contributed by atoms with Crippen molar-refractivity contribution >= 4 is 5.95 Å². The lowest BCUT2D eigenvalue weighted by Gasteiger charge is -2.39. The van der Waals surface area contributed by atoms with Crippen LogP contribution in [0.25, 0.3) is 0 Å². The molecule has 126 valence electrons. The second-order valence-electron chi connectivity index (χ2n) is 6.57. The number of nitrogens with zero attached hydrogens (tertiary/aromatic N) is 4. The number of aromatic nitrogens is 3. The maximum atomic E-state index is 6.20. The van der Waals surface area contributed by atoms with Gasteiger partial charge in [0.15, 0.2) is 0 Å². The van der Waals surface area contributed by atoms with Crippen LogP contribution in [-0.2, 0) is 16.1 Å². The topological polar surface area (TPSA) is 60.4 Å². The second kappa shape index (κ2) is 6.83. The third-order valence-electron chi connectivity index (χ3n) is 4.76. The molecule has 2 aromatic rings. The Bertz CT molecular complexity index is 655. The molecule has 2 fully saturated rings. The van der Waals surface area contributed by atoms with Crippen molar-refractivity contribution in [3.05, 3.63) is 48.5 Å². The SMILES string of the molecule is c1cnc(N2CCC[C@@]3(C[C@H](OCc4cccnc4)CO3)C2)nc1. The highest BCUT2D eigenvalue weighted by Gasteiger charge is 2.44. The maximum absolute atomic E-state index is 6.20. The molecular formula is C18H22N4O2. The molecule has 0 unspecified atom stereocenters. The van der Waals surface area contributed by atoms with Crippen molar-refractivity contribution in [3.63, 3.8) is 0 Å². The minimum Gasteiger partial charge on any atom is -0.371 e. The lowest BCUT2D eigenvalue weighted by atomic mass is 9.89. The van der Waals surface area contributed by atoms with Gasteiger partial charge in [0.1, 0.15) is 0 Å². The van der Waals surface area contributed by atoms with Gasteiger partial charge in [-0.2, -0.15) is 0 Å². The number of hydrogen-bond acceptors (Lipinski definition) is 6. The number of hydrogen-bond donors (Lipinski definition) is 0. The van der Waals surface area contributed by atoms with Crippen molar-refractivity contribution in [2.45, 2.75) is 37.6 Å².